The lowest BCUT2D eigenvalue weighted by molar-refractivity contribution is -0.128. The zero-order valence-electron chi connectivity index (χ0n) is 17.3. The third-order valence-corrected chi connectivity index (χ3v) is 5.23. The maximum Gasteiger partial charge on any atom is 0.340 e. The number of benzene rings is 1. The van der Waals surface area contributed by atoms with Gasteiger partial charge in [0.25, 0.3) is 11.7 Å². The highest BCUT2D eigenvalue weighted by atomic mass is 16.5. The van der Waals surface area contributed by atoms with Crippen molar-refractivity contribution in [2.75, 3.05) is 45.9 Å². The number of carbonyl (C=O) groups is 3. The van der Waals surface area contributed by atoms with Crippen molar-refractivity contribution < 1.29 is 24.2 Å². The van der Waals surface area contributed by atoms with E-state index in [2.05, 4.69) is 4.98 Å². The molecule has 8 heteroatoms. The highest BCUT2D eigenvalue weighted by molar-refractivity contribution is 6.43. The van der Waals surface area contributed by atoms with Crippen molar-refractivity contribution in [3.05, 3.63) is 47.3 Å². The van der Waals surface area contributed by atoms with Gasteiger partial charge in [0.1, 0.15) is 5.69 Å². The Kier molecular flexibility index (Phi) is 7.02. The number of aliphatic hydroxyl groups excluding tert-OH is 1. The fraction of sp³-hybridized carbons (Fsp3) is 0.409. The lowest BCUT2D eigenvalue weighted by atomic mass is 9.98. The van der Waals surface area contributed by atoms with E-state index < -0.39 is 17.7 Å². The third-order valence-electron chi connectivity index (χ3n) is 5.23. The zero-order valence-corrected chi connectivity index (χ0v) is 17.3. The molecule has 160 valence electrons. The molecule has 0 radical (unpaired) electrons. The van der Waals surface area contributed by atoms with Crippen LogP contribution in [-0.4, -0.2) is 83.5 Å². The van der Waals surface area contributed by atoms with Gasteiger partial charge in [-0.25, -0.2) is 4.79 Å². The molecule has 1 aromatic heterocycles. The third kappa shape index (κ3) is 4.44. The van der Waals surface area contributed by atoms with Gasteiger partial charge in [-0.05, 0) is 19.4 Å². The van der Waals surface area contributed by atoms with E-state index in [0.717, 1.165) is 0 Å². The molecule has 0 spiro atoms. The molecule has 2 N–H and O–H groups in total. The molecule has 1 fully saturated rings. The second kappa shape index (κ2) is 9.69. The Balaban J connectivity index is 1.93. The number of ether oxygens (including phenoxy) is 1. The van der Waals surface area contributed by atoms with Gasteiger partial charge in [-0.3, -0.25) is 14.5 Å². The molecule has 8 nitrogen and oxygen atoms in total. The molecule has 1 aromatic carbocycles. The van der Waals surface area contributed by atoms with E-state index in [1.807, 2.05) is 23.1 Å². The van der Waals surface area contributed by atoms with Crippen LogP contribution in [-0.2, 0) is 9.53 Å². The number of amides is 1. The van der Waals surface area contributed by atoms with Crippen LogP contribution in [0.5, 0.6) is 0 Å². The number of ketones is 1. The molecule has 3 rings (SSSR count). The number of carbonyl (C=O) groups excluding carboxylic acids is 3. The Hall–Kier alpha value is -2.97. The average molecular weight is 413 g/mol. The summed E-state index contributed by atoms with van der Waals surface area (Å²) in [5, 5.41) is 9.06. The summed E-state index contributed by atoms with van der Waals surface area (Å²) in [5.74, 6) is -1.81. The van der Waals surface area contributed by atoms with Gasteiger partial charge < -0.3 is 19.7 Å². The smallest absolute Gasteiger partial charge is 0.340 e. The van der Waals surface area contributed by atoms with E-state index in [-0.39, 0.29) is 24.5 Å². The molecular weight excluding hydrogens is 386 g/mol. The van der Waals surface area contributed by atoms with Gasteiger partial charge >= 0.3 is 5.97 Å². The number of Topliss-reactive ketones (excluding diaryl/α,β-unsaturated/α-hetero) is 1. The van der Waals surface area contributed by atoms with E-state index in [0.29, 0.717) is 49.5 Å². The van der Waals surface area contributed by atoms with Gasteiger partial charge in [-0.15, -0.1) is 0 Å². The molecule has 0 atom stereocenters. The number of esters is 1. The number of nitrogens with zero attached hydrogens (tertiary/aromatic N) is 2. The normalized spacial score (nSPS) is 14.6. The molecule has 1 amide bonds. The van der Waals surface area contributed by atoms with Crippen molar-refractivity contribution >= 4 is 17.7 Å². The van der Waals surface area contributed by atoms with Crippen molar-refractivity contribution in [2.45, 2.75) is 13.8 Å². The number of H-pyrrole nitrogens is 1. The predicted molar refractivity (Wildman–Crippen MR) is 111 cm³/mol. The minimum atomic E-state index is -0.678. The Morgan fingerprint density at radius 1 is 1.10 bits per heavy atom. The molecule has 0 unspecified atom stereocenters. The second-order valence-corrected chi connectivity index (χ2v) is 7.15. The first-order valence-electron chi connectivity index (χ1n) is 10.1. The summed E-state index contributed by atoms with van der Waals surface area (Å²) in [5.41, 5.74) is 1.91. The molecule has 30 heavy (non-hydrogen) atoms. The maximum absolute atomic E-state index is 13.2. The van der Waals surface area contributed by atoms with Crippen LogP contribution in [0.2, 0.25) is 0 Å². The first-order valence-corrected chi connectivity index (χ1v) is 10.1. The zero-order chi connectivity index (χ0) is 21.7. The maximum atomic E-state index is 13.2. The standard InChI is InChI=1S/C22H27N3O5/c1-3-30-22(29)17-15(2)23-19(18(17)16-7-5-4-6-8-16)20(27)21(28)25-11-9-24(10-12-25)13-14-26/h4-8,23,26H,3,9-14H2,1-2H3. The summed E-state index contributed by atoms with van der Waals surface area (Å²) in [6, 6.07) is 9.04. The van der Waals surface area contributed by atoms with Gasteiger partial charge in [-0.1, -0.05) is 30.3 Å². The van der Waals surface area contributed by atoms with Crippen molar-refractivity contribution in [1.82, 2.24) is 14.8 Å². The molecule has 1 aliphatic heterocycles. The van der Waals surface area contributed by atoms with Crippen LogP contribution in [0.4, 0.5) is 0 Å². The summed E-state index contributed by atoms with van der Waals surface area (Å²) in [6.45, 7) is 6.25. The highest BCUT2D eigenvalue weighted by Crippen LogP contribution is 2.31. The van der Waals surface area contributed by atoms with Gasteiger partial charge in [0.05, 0.1) is 18.8 Å². The number of β-amino-alcohol motifs (C(OH)–C–C–N with tert-alkyl or cyclic N) is 1. The van der Waals surface area contributed by atoms with E-state index in [9.17, 15) is 14.4 Å². The number of nitrogens with one attached hydrogen (secondary N) is 1. The quantitative estimate of drug-likeness (QED) is 0.405. The minimum absolute atomic E-state index is 0.0612. The molecule has 0 saturated carbocycles. The molecule has 2 heterocycles. The van der Waals surface area contributed by atoms with Crippen molar-refractivity contribution in [3.8, 4) is 11.1 Å². The highest BCUT2D eigenvalue weighted by Gasteiger charge is 2.33. The van der Waals surface area contributed by atoms with Crippen molar-refractivity contribution in [3.63, 3.8) is 0 Å². The number of aliphatic hydroxyl groups is 1. The first-order chi connectivity index (χ1) is 14.5. The minimum Gasteiger partial charge on any atom is -0.462 e. The van der Waals surface area contributed by atoms with E-state index >= 15 is 0 Å². The van der Waals surface area contributed by atoms with Crippen LogP contribution < -0.4 is 0 Å². The molecule has 2 aromatic rings. The summed E-state index contributed by atoms with van der Waals surface area (Å²) >= 11 is 0. The summed E-state index contributed by atoms with van der Waals surface area (Å²) < 4.78 is 5.18. The molecule has 1 aliphatic rings. The Bertz CT molecular complexity index is 914. The van der Waals surface area contributed by atoms with Gasteiger partial charge in [0.15, 0.2) is 0 Å². The topological polar surface area (TPSA) is 103 Å². The van der Waals surface area contributed by atoms with Gasteiger partial charge in [0, 0.05) is 44.0 Å². The molecule has 0 bridgehead atoms. The van der Waals surface area contributed by atoms with Crippen LogP contribution in [0.1, 0.15) is 33.5 Å². The fourth-order valence-electron chi connectivity index (χ4n) is 3.71. The molecule has 0 aliphatic carbocycles. The van der Waals surface area contributed by atoms with Gasteiger partial charge in [-0.2, -0.15) is 0 Å². The van der Waals surface area contributed by atoms with Crippen molar-refractivity contribution in [1.29, 1.82) is 0 Å². The summed E-state index contributed by atoms with van der Waals surface area (Å²) in [7, 11) is 0. The molecule has 1 saturated heterocycles. The number of piperazine rings is 1. The van der Waals surface area contributed by atoms with E-state index in [4.69, 9.17) is 9.84 Å². The first kappa shape index (κ1) is 21.7. The van der Waals surface area contributed by atoms with E-state index in [1.165, 1.54) is 4.90 Å². The second-order valence-electron chi connectivity index (χ2n) is 7.15. The lowest BCUT2D eigenvalue weighted by Gasteiger charge is -2.33. The van der Waals surface area contributed by atoms with Gasteiger partial charge in [0.2, 0.25) is 0 Å². The average Bonchev–Trinajstić information content (AvgIpc) is 3.11. The predicted octanol–water partition coefficient (Wildman–Crippen LogP) is 1.49. The number of rotatable bonds is 7. The SMILES string of the molecule is CCOC(=O)c1c(C)[nH]c(C(=O)C(=O)N2CCN(CCO)CC2)c1-c1ccccc1. The molecular formula is C22H27N3O5. The lowest BCUT2D eigenvalue weighted by Crippen LogP contribution is -2.51. The number of aromatic amines is 1. The number of aryl methyl sites for hydroxylation is 1. The van der Waals surface area contributed by atoms with Crippen LogP contribution in [0, 0.1) is 6.92 Å². The van der Waals surface area contributed by atoms with Crippen LogP contribution in [0.25, 0.3) is 11.1 Å². The number of hydrogen-bond acceptors (Lipinski definition) is 6. The monoisotopic (exact) mass is 413 g/mol. The van der Waals surface area contributed by atoms with Crippen LogP contribution in [0.15, 0.2) is 30.3 Å². The number of hydrogen-bond donors (Lipinski definition) is 2. The van der Waals surface area contributed by atoms with Crippen LogP contribution in [0.3, 0.4) is 0 Å². The number of aromatic nitrogens is 1. The van der Waals surface area contributed by atoms with Crippen LogP contribution >= 0.6 is 0 Å². The summed E-state index contributed by atoms with van der Waals surface area (Å²) in [4.78, 5) is 45.2. The van der Waals surface area contributed by atoms with Crippen molar-refractivity contribution in [2.24, 2.45) is 0 Å². The Morgan fingerprint density at radius 3 is 2.37 bits per heavy atom. The Morgan fingerprint density at radius 2 is 1.77 bits per heavy atom. The van der Waals surface area contributed by atoms with E-state index in [1.54, 1.807) is 26.0 Å². The summed E-state index contributed by atoms with van der Waals surface area (Å²) in [6.07, 6.45) is 0. The largest absolute Gasteiger partial charge is 0.462 e. The fourth-order valence-corrected chi connectivity index (χ4v) is 3.71. The Labute approximate surface area is 175 Å².